The van der Waals surface area contributed by atoms with Crippen molar-refractivity contribution in [1.82, 2.24) is 24.9 Å². The highest BCUT2D eigenvalue weighted by Gasteiger charge is 2.36. The summed E-state index contributed by atoms with van der Waals surface area (Å²) in [5.41, 5.74) is 7.08. The number of aromatic amines is 2. The number of nitrogens with zero attached hydrogens (tertiary/aromatic N) is 4. The molecule has 1 fully saturated rings. The Hall–Kier alpha value is -3.07. The summed E-state index contributed by atoms with van der Waals surface area (Å²) in [4.78, 5) is 21.2. The van der Waals surface area contributed by atoms with Gasteiger partial charge in [0.1, 0.15) is 29.1 Å². The lowest BCUT2D eigenvalue weighted by Crippen LogP contribution is -2.49. The number of nitrogens with two attached hydrogens (primary N) is 1. The highest BCUT2D eigenvalue weighted by atomic mass is 19.2. The smallest absolute Gasteiger partial charge is 0.186 e. The maximum atomic E-state index is 14.0. The van der Waals surface area contributed by atoms with Crippen molar-refractivity contribution >= 4 is 27.9 Å². The fraction of sp³-hybridized carbons (Fsp3) is 0.278. The van der Waals surface area contributed by atoms with Gasteiger partial charge in [0.15, 0.2) is 11.6 Å². The first-order chi connectivity index (χ1) is 13.0. The van der Waals surface area contributed by atoms with Gasteiger partial charge in [0, 0.05) is 19.3 Å². The molecule has 1 aliphatic rings. The summed E-state index contributed by atoms with van der Waals surface area (Å²) in [5, 5.41) is 0.961. The largest absolute Gasteiger partial charge is 0.356 e. The molecule has 0 amide bonds. The van der Waals surface area contributed by atoms with Crippen LogP contribution in [0.4, 0.5) is 14.6 Å². The second-order valence-corrected chi connectivity index (χ2v) is 6.92. The van der Waals surface area contributed by atoms with Crippen molar-refractivity contribution in [2.24, 2.45) is 5.73 Å². The second-order valence-electron chi connectivity index (χ2n) is 6.92. The lowest BCUT2D eigenvalue weighted by molar-refractivity contribution is 0.326. The molecule has 0 spiro atoms. The van der Waals surface area contributed by atoms with Crippen LogP contribution in [0.15, 0.2) is 30.7 Å². The third-order valence-corrected chi connectivity index (χ3v) is 5.31. The number of imidazole rings is 1. The number of aromatic nitrogens is 5. The molecule has 1 saturated heterocycles. The van der Waals surface area contributed by atoms with Gasteiger partial charge in [0.05, 0.1) is 16.4 Å². The molecular weight excluding hydrogens is 352 g/mol. The number of nitrogens with one attached hydrogen (secondary N) is 2. The maximum absolute atomic E-state index is 14.0. The normalized spacial score (nSPS) is 17.1. The van der Waals surface area contributed by atoms with E-state index in [1.54, 1.807) is 0 Å². The standard InChI is InChI=1S/C18H17F2N7/c19-11-1-2-12-14(13(11)20)26-17(25-12)18(21)4-7-27(8-5-18)16-10-3-6-22-15(10)23-9-24-16/h1-3,6,9H,4-5,7-8,21H2,(H,25,26)(H,22,23,24). The molecule has 9 heteroatoms. The Balaban J connectivity index is 1.44. The SMILES string of the molecule is NC1(c2nc3c(F)c(F)ccc3[nH]2)CCN(c2ncnc3[nH]ccc23)CC1. The van der Waals surface area contributed by atoms with E-state index in [0.717, 1.165) is 22.9 Å². The molecule has 0 aliphatic carbocycles. The van der Waals surface area contributed by atoms with E-state index in [2.05, 4.69) is 29.8 Å². The summed E-state index contributed by atoms with van der Waals surface area (Å²) in [6.45, 7) is 1.34. The van der Waals surface area contributed by atoms with Crippen LogP contribution < -0.4 is 10.6 Å². The Morgan fingerprint density at radius 3 is 2.74 bits per heavy atom. The fourth-order valence-corrected chi connectivity index (χ4v) is 3.72. The second kappa shape index (κ2) is 5.71. The Morgan fingerprint density at radius 2 is 1.93 bits per heavy atom. The highest BCUT2D eigenvalue weighted by Crippen LogP contribution is 2.33. The number of fused-ring (bicyclic) bond motifs is 2. The predicted octanol–water partition coefficient (Wildman–Crippen LogP) is 2.57. The quantitative estimate of drug-likeness (QED) is 0.504. The molecule has 3 aromatic heterocycles. The Kier molecular flexibility index (Phi) is 3.41. The minimum Gasteiger partial charge on any atom is -0.356 e. The van der Waals surface area contributed by atoms with Crippen LogP contribution in [-0.2, 0) is 5.54 Å². The van der Waals surface area contributed by atoms with Crippen LogP contribution >= 0.6 is 0 Å². The number of hydrogen-bond donors (Lipinski definition) is 3. The van der Waals surface area contributed by atoms with Crippen molar-refractivity contribution in [3.05, 3.63) is 48.2 Å². The molecule has 0 atom stereocenters. The third kappa shape index (κ3) is 2.46. The van der Waals surface area contributed by atoms with E-state index in [9.17, 15) is 8.78 Å². The van der Waals surface area contributed by atoms with Crippen LogP contribution in [0.1, 0.15) is 18.7 Å². The fourth-order valence-electron chi connectivity index (χ4n) is 3.72. The van der Waals surface area contributed by atoms with Gasteiger partial charge in [-0.25, -0.2) is 23.7 Å². The summed E-state index contributed by atoms with van der Waals surface area (Å²) in [6.07, 6.45) is 4.58. The zero-order valence-electron chi connectivity index (χ0n) is 14.3. The Morgan fingerprint density at radius 1 is 1.11 bits per heavy atom. The zero-order chi connectivity index (χ0) is 18.6. The maximum Gasteiger partial charge on any atom is 0.186 e. The first-order valence-electron chi connectivity index (χ1n) is 8.71. The van der Waals surface area contributed by atoms with Crippen molar-refractivity contribution in [3.63, 3.8) is 0 Å². The van der Waals surface area contributed by atoms with Gasteiger partial charge >= 0.3 is 0 Å². The van der Waals surface area contributed by atoms with Crippen molar-refractivity contribution in [2.45, 2.75) is 18.4 Å². The van der Waals surface area contributed by atoms with Crippen LogP contribution in [0.5, 0.6) is 0 Å². The Labute approximate surface area is 152 Å². The van der Waals surface area contributed by atoms with E-state index < -0.39 is 17.2 Å². The molecule has 27 heavy (non-hydrogen) atoms. The molecular formula is C18H17F2N7. The van der Waals surface area contributed by atoms with Crippen LogP contribution in [0.3, 0.4) is 0 Å². The zero-order valence-corrected chi connectivity index (χ0v) is 14.3. The number of halogens is 2. The molecule has 0 unspecified atom stereocenters. The minimum atomic E-state index is -0.952. The summed E-state index contributed by atoms with van der Waals surface area (Å²) in [7, 11) is 0. The summed E-state index contributed by atoms with van der Waals surface area (Å²) < 4.78 is 27.4. The number of benzene rings is 1. The molecule has 138 valence electrons. The molecule has 5 rings (SSSR count). The molecule has 1 aliphatic heterocycles. The van der Waals surface area contributed by atoms with Crippen LogP contribution in [0.25, 0.3) is 22.1 Å². The van der Waals surface area contributed by atoms with E-state index >= 15 is 0 Å². The monoisotopic (exact) mass is 369 g/mol. The van der Waals surface area contributed by atoms with Gasteiger partial charge in [-0.05, 0) is 31.0 Å². The molecule has 1 aromatic carbocycles. The van der Waals surface area contributed by atoms with E-state index in [4.69, 9.17) is 5.73 Å². The number of hydrogen-bond acceptors (Lipinski definition) is 5. The van der Waals surface area contributed by atoms with Gasteiger partial charge < -0.3 is 20.6 Å². The van der Waals surface area contributed by atoms with E-state index in [0.29, 0.717) is 37.3 Å². The summed E-state index contributed by atoms with van der Waals surface area (Å²) >= 11 is 0. The molecule has 0 saturated carbocycles. The van der Waals surface area contributed by atoms with Gasteiger partial charge in [-0.15, -0.1) is 0 Å². The first-order valence-corrected chi connectivity index (χ1v) is 8.71. The van der Waals surface area contributed by atoms with Crippen LogP contribution in [0.2, 0.25) is 0 Å². The molecule has 4 N–H and O–H groups in total. The van der Waals surface area contributed by atoms with Crippen LogP contribution in [0, 0.1) is 11.6 Å². The third-order valence-electron chi connectivity index (χ3n) is 5.31. The number of rotatable bonds is 2. The lowest BCUT2D eigenvalue weighted by atomic mass is 9.88. The average Bonchev–Trinajstić information content (AvgIpc) is 3.33. The lowest BCUT2D eigenvalue weighted by Gasteiger charge is -2.38. The van der Waals surface area contributed by atoms with Crippen LogP contribution in [-0.4, -0.2) is 38.0 Å². The first kappa shape index (κ1) is 16.1. The van der Waals surface area contributed by atoms with Gasteiger partial charge in [0.25, 0.3) is 0 Å². The van der Waals surface area contributed by atoms with Gasteiger partial charge in [0.2, 0.25) is 0 Å². The van der Waals surface area contributed by atoms with Gasteiger partial charge in [-0.1, -0.05) is 0 Å². The Bertz CT molecular complexity index is 1140. The number of piperidine rings is 1. The average molecular weight is 369 g/mol. The predicted molar refractivity (Wildman–Crippen MR) is 97.2 cm³/mol. The van der Waals surface area contributed by atoms with Crippen molar-refractivity contribution in [2.75, 3.05) is 18.0 Å². The minimum absolute atomic E-state index is 0.0120. The molecule has 4 aromatic rings. The van der Waals surface area contributed by atoms with Crippen molar-refractivity contribution < 1.29 is 8.78 Å². The molecule has 0 bridgehead atoms. The summed E-state index contributed by atoms with van der Waals surface area (Å²) in [6, 6.07) is 4.51. The molecule has 7 nitrogen and oxygen atoms in total. The molecule has 0 radical (unpaired) electrons. The van der Waals surface area contributed by atoms with Gasteiger partial charge in [-0.2, -0.15) is 0 Å². The van der Waals surface area contributed by atoms with Crippen molar-refractivity contribution in [3.8, 4) is 0 Å². The summed E-state index contributed by atoms with van der Waals surface area (Å²) in [5.74, 6) is -0.523. The highest BCUT2D eigenvalue weighted by molar-refractivity contribution is 5.87. The van der Waals surface area contributed by atoms with Crippen molar-refractivity contribution in [1.29, 1.82) is 0 Å². The van der Waals surface area contributed by atoms with E-state index in [-0.39, 0.29) is 5.52 Å². The molecule has 4 heterocycles. The van der Waals surface area contributed by atoms with Gasteiger partial charge in [-0.3, -0.25) is 0 Å². The number of anilines is 1. The van der Waals surface area contributed by atoms with E-state index in [1.807, 2.05) is 12.3 Å². The van der Waals surface area contributed by atoms with E-state index in [1.165, 1.54) is 12.4 Å². The number of H-pyrrole nitrogens is 2. The topological polar surface area (TPSA) is 99.5 Å².